The third-order valence-corrected chi connectivity index (χ3v) is 8.42. The summed E-state index contributed by atoms with van der Waals surface area (Å²) in [7, 11) is 0. The molecule has 2 N–H and O–H groups in total. The van der Waals surface area contributed by atoms with Crippen LogP contribution >= 0.6 is 0 Å². The number of nitrogens with one attached hydrogen (secondary N) is 2. The molecule has 46 heavy (non-hydrogen) atoms. The monoisotopic (exact) mass is 633 g/mol. The van der Waals surface area contributed by atoms with Crippen LogP contribution in [0.5, 0.6) is 5.75 Å². The molecule has 10 heteroatoms. The summed E-state index contributed by atoms with van der Waals surface area (Å²) < 4.78 is 11.5. The maximum Gasteiger partial charge on any atom is 0.264 e. The van der Waals surface area contributed by atoms with Gasteiger partial charge in [-0.05, 0) is 61.9 Å². The van der Waals surface area contributed by atoms with Crippen LogP contribution in [0.4, 0.5) is 5.69 Å². The number of hydrogen-bond donors (Lipinski definition) is 2. The van der Waals surface area contributed by atoms with Crippen molar-refractivity contribution in [3.05, 3.63) is 59.2 Å². The van der Waals surface area contributed by atoms with Crippen LogP contribution in [0, 0.1) is 0 Å². The maximum atomic E-state index is 13.2. The van der Waals surface area contributed by atoms with E-state index in [-0.39, 0.29) is 42.0 Å². The Labute approximate surface area is 271 Å². The van der Waals surface area contributed by atoms with Gasteiger partial charge in [-0.2, -0.15) is 0 Å². The van der Waals surface area contributed by atoms with Gasteiger partial charge in [0.2, 0.25) is 17.7 Å². The first-order valence-corrected chi connectivity index (χ1v) is 16.8. The van der Waals surface area contributed by atoms with E-state index in [2.05, 4.69) is 29.7 Å². The predicted molar refractivity (Wildman–Crippen MR) is 175 cm³/mol. The number of fused-ring (bicyclic) bond motifs is 1. The Morgan fingerprint density at radius 2 is 1.59 bits per heavy atom. The fraction of sp³-hybridized carbons (Fsp3) is 0.528. The lowest BCUT2D eigenvalue weighted by Crippen LogP contribution is -2.54. The third kappa shape index (κ3) is 9.97. The zero-order valence-electron chi connectivity index (χ0n) is 26.9. The zero-order chi connectivity index (χ0) is 32.7. The standard InChI is InChI=1S/C36H47N3O7/c1-2-3-4-5-6-7-9-13-26-17-19-27(20-18-26)46-25-24-45-23-11-8-10-16-31(40)37-29-15-12-14-28-33(29)36(44)39(35(28)43)30-21-22-32(41)38-34(30)42/h12,14-15,17-20,30H,2-11,13,16,21-25H2,1H3,(H,37,40)(H,38,41,42). The molecule has 2 aromatic carbocycles. The normalized spacial score (nSPS) is 16.0. The highest BCUT2D eigenvalue weighted by atomic mass is 16.5. The Balaban J connectivity index is 1.07. The number of hydrogen-bond acceptors (Lipinski definition) is 7. The summed E-state index contributed by atoms with van der Waals surface area (Å²) in [5, 5.41) is 4.93. The van der Waals surface area contributed by atoms with Gasteiger partial charge < -0.3 is 14.8 Å². The third-order valence-electron chi connectivity index (χ3n) is 8.42. The molecule has 0 radical (unpaired) electrons. The van der Waals surface area contributed by atoms with Crippen molar-refractivity contribution >= 4 is 35.2 Å². The molecule has 2 aromatic rings. The Morgan fingerprint density at radius 1 is 0.848 bits per heavy atom. The molecule has 2 aliphatic rings. The van der Waals surface area contributed by atoms with E-state index >= 15 is 0 Å². The number of anilines is 1. The molecule has 2 heterocycles. The van der Waals surface area contributed by atoms with E-state index in [4.69, 9.17) is 9.47 Å². The Hall–Kier alpha value is -4.05. The van der Waals surface area contributed by atoms with Gasteiger partial charge in [0.05, 0.1) is 23.4 Å². The number of piperidine rings is 1. The van der Waals surface area contributed by atoms with Crippen LogP contribution < -0.4 is 15.4 Å². The maximum absolute atomic E-state index is 13.2. The number of carbonyl (C=O) groups excluding carboxylic acids is 5. The zero-order valence-corrected chi connectivity index (χ0v) is 26.9. The molecule has 0 spiro atoms. The molecular formula is C36H47N3O7. The quantitative estimate of drug-likeness (QED) is 0.136. The number of carbonyl (C=O) groups is 5. The number of unbranched alkanes of at least 4 members (excludes halogenated alkanes) is 8. The lowest BCUT2D eigenvalue weighted by atomic mass is 10.0. The first-order valence-electron chi connectivity index (χ1n) is 16.8. The van der Waals surface area contributed by atoms with Crippen LogP contribution in [0.2, 0.25) is 0 Å². The summed E-state index contributed by atoms with van der Waals surface area (Å²) in [5.41, 5.74) is 1.78. The molecule has 10 nitrogen and oxygen atoms in total. The highest BCUT2D eigenvalue weighted by Gasteiger charge is 2.45. The summed E-state index contributed by atoms with van der Waals surface area (Å²) in [6, 6.07) is 11.9. The topological polar surface area (TPSA) is 131 Å². The molecular weight excluding hydrogens is 586 g/mol. The highest BCUT2D eigenvalue weighted by molar-refractivity contribution is 6.26. The predicted octanol–water partition coefficient (Wildman–Crippen LogP) is 5.98. The molecule has 2 aliphatic heterocycles. The molecule has 0 aliphatic carbocycles. The van der Waals surface area contributed by atoms with E-state index in [1.807, 2.05) is 12.1 Å². The van der Waals surface area contributed by atoms with Crippen molar-refractivity contribution in [2.75, 3.05) is 25.1 Å². The van der Waals surface area contributed by atoms with Crippen molar-refractivity contribution in [3.8, 4) is 5.75 Å². The number of amides is 5. The Kier molecular flexibility index (Phi) is 13.8. The molecule has 0 bridgehead atoms. The molecule has 1 unspecified atom stereocenters. The highest BCUT2D eigenvalue weighted by Crippen LogP contribution is 2.32. The van der Waals surface area contributed by atoms with E-state index in [1.165, 1.54) is 56.6 Å². The van der Waals surface area contributed by atoms with Crippen molar-refractivity contribution in [3.63, 3.8) is 0 Å². The molecule has 0 saturated carbocycles. The van der Waals surface area contributed by atoms with E-state index in [1.54, 1.807) is 12.1 Å². The number of benzene rings is 2. The van der Waals surface area contributed by atoms with Crippen molar-refractivity contribution in [2.24, 2.45) is 0 Å². The first-order chi connectivity index (χ1) is 22.4. The van der Waals surface area contributed by atoms with Crippen LogP contribution in [0.1, 0.15) is 117 Å². The summed E-state index contributed by atoms with van der Waals surface area (Å²) in [6.07, 6.45) is 12.9. The fourth-order valence-electron chi connectivity index (χ4n) is 5.86. The van der Waals surface area contributed by atoms with Gasteiger partial charge >= 0.3 is 0 Å². The average Bonchev–Trinajstić information content (AvgIpc) is 3.30. The minimum atomic E-state index is -1.06. The summed E-state index contributed by atoms with van der Waals surface area (Å²) in [4.78, 5) is 63.5. The molecule has 4 rings (SSSR count). The second kappa shape index (κ2) is 18.2. The van der Waals surface area contributed by atoms with Crippen LogP contribution in [0.3, 0.4) is 0 Å². The van der Waals surface area contributed by atoms with Gasteiger partial charge in [-0.15, -0.1) is 0 Å². The molecule has 1 atom stereocenters. The molecule has 5 amide bonds. The number of nitrogens with zero attached hydrogens (tertiary/aromatic N) is 1. The minimum absolute atomic E-state index is 0.0417. The second-order valence-corrected chi connectivity index (χ2v) is 12.0. The second-order valence-electron chi connectivity index (χ2n) is 12.0. The summed E-state index contributed by atoms with van der Waals surface area (Å²) in [6.45, 7) is 3.78. The Morgan fingerprint density at radius 3 is 2.35 bits per heavy atom. The van der Waals surface area contributed by atoms with Gasteiger partial charge in [-0.25, -0.2) is 0 Å². The van der Waals surface area contributed by atoms with Gasteiger partial charge in [0.1, 0.15) is 18.4 Å². The van der Waals surface area contributed by atoms with Crippen molar-refractivity contribution in [1.29, 1.82) is 0 Å². The van der Waals surface area contributed by atoms with E-state index in [0.717, 1.165) is 29.9 Å². The van der Waals surface area contributed by atoms with Crippen LogP contribution in [0.15, 0.2) is 42.5 Å². The molecule has 248 valence electrons. The molecule has 1 fully saturated rings. The van der Waals surface area contributed by atoms with E-state index < -0.39 is 29.7 Å². The molecule has 0 aromatic heterocycles. The minimum Gasteiger partial charge on any atom is -0.491 e. The van der Waals surface area contributed by atoms with Crippen LogP contribution in [-0.4, -0.2) is 60.3 Å². The van der Waals surface area contributed by atoms with E-state index in [0.29, 0.717) is 26.2 Å². The van der Waals surface area contributed by atoms with Gasteiger partial charge in [-0.1, -0.05) is 70.1 Å². The number of aryl methyl sites for hydroxylation is 1. The van der Waals surface area contributed by atoms with Gasteiger partial charge in [-0.3, -0.25) is 34.2 Å². The van der Waals surface area contributed by atoms with E-state index in [9.17, 15) is 24.0 Å². The Bertz CT molecular complexity index is 1360. The number of imide groups is 2. The van der Waals surface area contributed by atoms with Crippen molar-refractivity contribution in [1.82, 2.24) is 10.2 Å². The number of ether oxygens (including phenoxy) is 2. The average molecular weight is 634 g/mol. The fourth-order valence-corrected chi connectivity index (χ4v) is 5.86. The van der Waals surface area contributed by atoms with Crippen LogP contribution in [-0.2, 0) is 25.5 Å². The largest absolute Gasteiger partial charge is 0.491 e. The van der Waals surface area contributed by atoms with Crippen LogP contribution in [0.25, 0.3) is 0 Å². The SMILES string of the molecule is CCCCCCCCCc1ccc(OCCOCCCCCC(=O)Nc2cccc3c2C(=O)N(C2CCC(=O)NC2=O)C3=O)cc1. The first kappa shape index (κ1) is 34.8. The molecule has 1 saturated heterocycles. The lowest BCUT2D eigenvalue weighted by molar-refractivity contribution is -0.136. The van der Waals surface area contributed by atoms with Gasteiger partial charge in [0.25, 0.3) is 11.8 Å². The summed E-state index contributed by atoms with van der Waals surface area (Å²) in [5.74, 6) is -1.79. The van der Waals surface area contributed by atoms with Crippen molar-refractivity contribution in [2.45, 2.75) is 103 Å². The summed E-state index contributed by atoms with van der Waals surface area (Å²) >= 11 is 0. The smallest absolute Gasteiger partial charge is 0.264 e. The van der Waals surface area contributed by atoms with Gasteiger partial charge in [0.15, 0.2) is 0 Å². The van der Waals surface area contributed by atoms with Gasteiger partial charge in [0, 0.05) is 19.4 Å². The lowest BCUT2D eigenvalue weighted by Gasteiger charge is -2.27. The number of rotatable bonds is 20. The van der Waals surface area contributed by atoms with Crippen molar-refractivity contribution < 1.29 is 33.4 Å².